The lowest BCUT2D eigenvalue weighted by Crippen LogP contribution is -2.37. The second-order valence-corrected chi connectivity index (χ2v) is 6.96. The highest BCUT2D eigenvalue weighted by atomic mass is 16.6. The summed E-state index contributed by atoms with van der Waals surface area (Å²) in [5.74, 6) is 0.662. The molecule has 0 aromatic carbocycles. The fourth-order valence-electron chi connectivity index (χ4n) is 3.42. The molecule has 1 aliphatic carbocycles. The maximum absolute atomic E-state index is 11.5. The van der Waals surface area contributed by atoms with Crippen LogP contribution in [0.2, 0.25) is 0 Å². The molecule has 1 aliphatic heterocycles. The van der Waals surface area contributed by atoms with Gasteiger partial charge in [-0.25, -0.2) is 0 Å². The monoisotopic (exact) mass is 280 g/mol. The maximum Gasteiger partial charge on any atom is 0.303 e. The summed E-state index contributed by atoms with van der Waals surface area (Å²) in [5.41, 5.74) is 1.33. The van der Waals surface area contributed by atoms with Crippen LogP contribution < -0.4 is 0 Å². The number of rotatable bonds is 2. The summed E-state index contributed by atoms with van der Waals surface area (Å²) in [6, 6.07) is 0. The Balaban J connectivity index is 2.23. The van der Waals surface area contributed by atoms with Crippen LogP contribution in [0, 0.1) is 11.8 Å². The molecule has 2 rings (SSSR count). The van der Waals surface area contributed by atoms with Crippen molar-refractivity contribution in [3.05, 3.63) is 11.6 Å². The van der Waals surface area contributed by atoms with Gasteiger partial charge in [0.25, 0.3) is 0 Å². The first-order valence-electron chi connectivity index (χ1n) is 7.84. The molecule has 1 saturated heterocycles. The van der Waals surface area contributed by atoms with Crippen LogP contribution in [0.5, 0.6) is 0 Å². The molecular formula is C17H28O3. The highest BCUT2D eigenvalue weighted by molar-refractivity contribution is 5.66. The van der Waals surface area contributed by atoms with E-state index in [1.807, 2.05) is 0 Å². The molecule has 0 aromatic rings. The zero-order valence-electron chi connectivity index (χ0n) is 13.4. The minimum Gasteiger partial charge on any atom is -0.459 e. The van der Waals surface area contributed by atoms with Crippen molar-refractivity contribution in [1.82, 2.24) is 0 Å². The van der Waals surface area contributed by atoms with Gasteiger partial charge in [-0.1, -0.05) is 25.5 Å². The summed E-state index contributed by atoms with van der Waals surface area (Å²) in [7, 11) is 0. The number of allylic oxidation sites excluding steroid dienone is 2. The van der Waals surface area contributed by atoms with E-state index in [0.717, 1.165) is 25.7 Å². The zero-order chi connectivity index (χ0) is 14.9. The quantitative estimate of drug-likeness (QED) is 0.438. The predicted molar refractivity (Wildman–Crippen MR) is 79.4 cm³/mol. The Bertz CT molecular complexity index is 399. The van der Waals surface area contributed by atoms with Crippen LogP contribution in [0.1, 0.15) is 60.3 Å². The first-order valence-corrected chi connectivity index (χ1v) is 7.84. The summed E-state index contributed by atoms with van der Waals surface area (Å²) in [5, 5.41) is 0. The molecule has 20 heavy (non-hydrogen) atoms. The lowest BCUT2D eigenvalue weighted by molar-refractivity contribution is -0.151. The summed E-state index contributed by atoms with van der Waals surface area (Å²) in [4.78, 5) is 11.5. The molecule has 0 amide bonds. The van der Waals surface area contributed by atoms with Gasteiger partial charge in [0.1, 0.15) is 12.2 Å². The molecular weight excluding hydrogens is 252 g/mol. The third-order valence-corrected chi connectivity index (χ3v) is 4.83. The van der Waals surface area contributed by atoms with Crippen molar-refractivity contribution in [2.24, 2.45) is 11.8 Å². The minimum atomic E-state index is -0.192. The first-order chi connectivity index (χ1) is 9.33. The lowest BCUT2D eigenvalue weighted by atomic mass is 9.80. The van der Waals surface area contributed by atoms with Crippen LogP contribution in [-0.4, -0.2) is 23.8 Å². The summed E-state index contributed by atoms with van der Waals surface area (Å²) in [6.07, 6.45) is 6.54. The van der Waals surface area contributed by atoms with Crippen molar-refractivity contribution in [3.8, 4) is 0 Å². The van der Waals surface area contributed by atoms with E-state index in [9.17, 15) is 4.79 Å². The molecule has 3 nitrogen and oxygen atoms in total. The van der Waals surface area contributed by atoms with Gasteiger partial charge in [0.05, 0.1) is 5.60 Å². The van der Waals surface area contributed by atoms with E-state index < -0.39 is 0 Å². The van der Waals surface area contributed by atoms with Crippen molar-refractivity contribution in [1.29, 1.82) is 0 Å². The number of fused-ring (bicyclic) bond motifs is 1. The number of carbonyl (C=O) groups is 1. The maximum atomic E-state index is 11.5. The highest BCUT2D eigenvalue weighted by Crippen LogP contribution is 2.47. The van der Waals surface area contributed by atoms with Gasteiger partial charge in [0.2, 0.25) is 0 Å². The molecule has 0 spiro atoms. The molecule has 0 unspecified atom stereocenters. The normalized spacial score (nSPS) is 40.5. The molecule has 2 aliphatic rings. The van der Waals surface area contributed by atoms with Crippen LogP contribution in [0.4, 0.5) is 0 Å². The van der Waals surface area contributed by atoms with Crippen LogP contribution in [0.25, 0.3) is 0 Å². The van der Waals surface area contributed by atoms with Crippen LogP contribution in [-0.2, 0) is 14.3 Å². The number of esters is 1. The molecule has 114 valence electrons. The van der Waals surface area contributed by atoms with Gasteiger partial charge >= 0.3 is 5.97 Å². The van der Waals surface area contributed by atoms with E-state index in [2.05, 4.69) is 33.8 Å². The second-order valence-electron chi connectivity index (χ2n) is 6.96. The average molecular weight is 280 g/mol. The first kappa shape index (κ1) is 15.6. The van der Waals surface area contributed by atoms with E-state index in [1.165, 1.54) is 12.5 Å². The van der Waals surface area contributed by atoms with Gasteiger partial charge in [0, 0.05) is 12.8 Å². The molecule has 1 heterocycles. The van der Waals surface area contributed by atoms with E-state index in [-0.39, 0.29) is 23.8 Å². The Morgan fingerprint density at radius 3 is 2.80 bits per heavy atom. The summed E-state index contributed by atoms with van der Waals surface area (Å²) in [6.45, 7) is 10.3. The molecule has 0 bridgehead atoms. The van der Waals surface area contributed by atoms with Crippen molar-refractivity contribution < 1.29 is 14.3 Å². The fraction of sp³-hybridized carbons (Fsp3) is 0.824. The molecule has 0 radical (unpaired) electrons. The molecule has 0 aromatic heterocycles. The Labute approximate surface area is 122 Å². The minimum absolute atomic E-state index is 0.0746. The fourth-order valence-corrected chi connectivity index (χ4v) is 3.42. The lowest BCUT2D eigenvalue weighted by Gasteiger charge is -2.30. The molecule has 0 N–H and O–H groups in total. The Kier molecular flexibility index (Phi) is 4.58. The van der Waals surface area contributed by atoms with Gasteiger partial charge in [-0.05, 0) is 45.4 Å². The van der Waals surface area contributed by atoms with Crippen molar-refractivity contribution in [3.63, 3.8) is 0 Å². The predicted octanol–water partition coefficient (Wildman–Crippen LogP) is 3.87. The van der Waals surface area contributed by atoms with Crippen LogP contribution in [0.3, 0.4) is 0 Å². The molecule has 4 atom stereocenters. The third-order valence-electron chi connectivity index (χ3n) is 4.83. The largest absolute Gasteiger partial charge is 0.459 e. The number of hydrogen-bond donors (Lipinski definition) is 0. The van der Waals surface area contributed by atoms with E-state index in [1.54, 1.807) is 0 Å². The summed E-state index contributed by atoms with van der Waals surface area (Å²) >= 11 is 0. The third kappa shape index (κ3) is 3.43. The van der Waals surface area contributed by atoms with Crippen molar-refractivity contribution in [2.45, 2.75) is 78.1 Å². The van der Waals surface area contributed by atoms with Crippen LogP contribution in [0.15, 0.2) is 11.6 Å². The van der Waals surface area contributed by atoms with Gasteiger partial charge in [-0.2, -0.15) is 0 Å². The molecule has 3 heteroatoms. The Morgan fingerprint density at radius 1 is 1.50 bits per heavy atom. The Hall–Kier alpha value is -0.830. The number of ether oxygens (including phenoxy) is 2. The van der Waals surface area contributed by atoms with E-state index in [0.29, 0.717) is 11.8 Å². The van der Waals surface area contributed by atoms with Crippen LogP contribution >= 0.6 is 0 Å². The number of carbonyl (C=O) groups excluding carboxylic acids is 1. The molecule has 1 fully saturated rings. The Morgan fingerprint density at radius 2 is 2.20 bits per heavy atom. The van der Waals surface area contributed by atoms with Crippen molar-refractivity contribution >= 4 is 5.97 Å². The highest BCUT2D eigenvalue weighted by Gasteiger charge is 2.58. The molecule has 0 saturated carbocycles. The van der Waals surface area contributed by atoms with Crippen molar-refractivity contribution in [2.75, 3.05) is 0 Å². The standard InChI is InChI=1S/C17H28O3/c1-11(2)14-9-8-12(3)7-6-10-17(5)16(20-17)15(14)19-13(4)18/h7,11,14-16H,6,8-10H2,1-5H3/b12-7+/t14-,15+,16+,17-/m0/s1. The van der Waals surface area contributed by atoms with E-state index >= 15 is 0 Å². The van der Waals surface area contributed by atoms with E-state index in [4.69, 9.17) is 9.47 Å². The topological polar surface area (TPSA) is 38.8 Å². The van der Waals surface area contributed by atoms with Gasteiger partial charge in [0.15, 0.2) is 0 Å². The number of hydrogen-bond acceptors (Lipinski definition) is 3. The second kappa shape index (κ2) is 5.88. The number of epoxide rings is 1. The van der Waals surface area contributed by atoms with Gasteiger partial charge < -0.3 is 9.47 Å². The van der Waals surface area contributed by atoms with Gasteiger partial charge in [-0.3, -0.25) is 4.79 Å². The summed E-state index contributed by atoms with van der Waals surface area (Å²) < 4.78 is 11.6. The average Bonchev–Trinajstić information content (AvgIpc) is 2.98. The zero-order valence-corrected chi connectivity index (χ0v) is 13.4. The smallest absolute Gasteiger partial charge is 0.303 e. The van der Waals surface area contributed by atoms with Gasteiger partial charge in [-0.15, -0.1) is 0 Å². The SMILES string of the molecule is CC(=O)O[C@H]1[C@H]2O[C@@]2(C)CC/C=C(\C)CC[C@H]1C(C)C.